The van der Waals surface area contributed by atoms with Gasteiger partial charge in [0.1, 0.15) is 0 Å². The molecule has 0 aromatic carbocycles. The summed E-state index contributed by atoms with van der Waals surface area (Å²) in [6.45, 7) is 3.02. The average molecular weight is 276 g/mol. The van der Waals surface area contributed by atoms with Gasteiger partial charge in [-0.1, -0.05) is 19.8 Å². The SMILES string of the molecule is CC1(CNc2ccnc3ccsc23)CCCCC1O. The van der Waals surface area contributed by atoms with Crippen molar-refractivity contribution >= 4 is 27.2 Å². The van der Waals surface area contributed by atoms with Crippen molar-refractivity contribution in [3.8, 4) is 0 Å². The first-order valence-electron chi connectivity index (χ1n) is 6.93. The molecule has 1 aliphatic rings. The highest BCUT2D eigenvalue weighted by molar-refractivity contribution is 7.17. The van der Waals surface area contributed by atoms with Gasteiger partial charge in [-0.25, -0.2) is 0 Å². The number of rotatable bonds is 3. The van der Waals surface area contributed by atoms with Gasteiger partial charge in [0, 0.05) is 18.2 Å². The van der Waals surface area contributed by atoms with E-state index in [9.17, 15) is 5.11 Å². The second-order valence-electron chi connectivity index (χ2n) is 5.76. The Morgan fingerprint density at radius 2 is 2.37 bits per heavy atom. The summed E-state index contributed by atoms with van der Waals surface area (Å²) in [5, 5.41) is 15.8. The lowest BCUT2D eigenvalue weighted by atomic mass is 9.73. The van der Waals surface area contributed by atoms with Crippen LogP contribution in [0.25, 0.3) is 10.2 Å². The fourth-order valence-corrected chi connectivity index (χ4v) is 3.74. The van der Waals surface area contributed by atoms with Crippen LogP contribution in [0.2, 0.25) is 0 Å². The average Bonchev–Trinajstić information content (AvgIpc) is 2.89. The molecule has 19 heavy (non-hydrogen) atoms. The van der Waals surface area contributed by atoms with Gasteiger partial charge in [-0.3, -0.25) is 4.98 Å². The first-order chi connectivity index (χ1) is 9.19. The summed E-state index contributed by atoms with van der Waals surface area (Å²) in [5.41, 5.74) is 2.17. The van der Waals surface area contributed by atoms with Gasteiger partial charge in [0.05, 0.1) is 22.0 Å². The zero-order chi connectivity index (χ0) is 13.3. The van der Waals surface area contributed by atoms with E-state index in [-0.39, 0.29) is 11.5 Å². The van der Waals surface area contributed by atoms with E-state index in [0.29, 0.717) is 0 Å². The van der Waals surface area contributed by atoms with E-state index in [1.54, 1.807) is 11.3 Å². The zero-order valence-corrected chi connectivity index (χ0v) is 12.0. The van der Waals surface area contributed by atoms with Crippen LogP contribution in [0.1, 0.15) is 32.6 Å². The van der Waals surface area contributed by atoms with Crippen molar-refractivity contribution in [2.75, 3.05) is 11.9 Å². The van der Waals surface area contributed by atoms with Crippen LogP contribution in [-0.4, -0.2) is 22.7 Å². The maximum atomic E-state index is 10.2. The van der Waals surface area contributed by atoms with Crippen molar-refractivity contribution in [1.82, 2.24) is 4.98 Å². The van der Waals surface area contributed by atoms with Gasteiger partial charge in [-0.2, -0.15) is 0 Å². The minimum atomic E-state index is -0.186. The highest BCUT2D eigenvalue weighted by Gasteiger charge is 2.35. The van der Waals surface area contributed by atoms with Crippen molar-refractivity contribution in [3.05, 3.63) is 23.7 Å². The van der Waals surface area contributed by atoms with E-state index in [0.717, 1.165) is 37.0 Å². The minimum absolute atomic E-state index is 0.00883. The number of hydrogen-bond acceptors (Lipinski definition) is 4. The predicted octanol–water partition coefficient (Wildman–Crippen LogP) is 3.65. The Morgan fingerprint density at radius 3 is 3.21 bits per heavy atom. The zero-order valence-electron chi connectivity index (χ0n) is 11.2. The van der Waals surface area contributed by atoms with Crippen LogP contribution >= 0.6 is 11.3 Å². The highest BCUT2D eigenvalue weighted by atomic mass is 32.1. The Labute approximate surface area is 117 Å². The Balaban J connectivity index is 1.77. The predicted molar refractivity (Wildman–Crippen MR) is 80.7 cm³/mol. The van der Waals surface area contributed by atoms with Crippen LogP contribution in [0, 0.1) is 5.41 Å². The van der Waals surface area contributed by atoms with E-state index in [1.807, 2.05) is 18.3 Å². The first kappa shape index (κ1) is 12.9. The molecule has 2 heterocycles. The maximum absolute atomic E-state index is 10.2. The van der Waals surface area contributed by atoms with E-state index < -0.39 is 0 Å². The molecule has 102 valence electrons. The number of nitrogens with one attached hydrogen (secondary N) is 1. The first-order valence-corrected chi connectivity index (χ1v) is 7.81. The van der Waals surface area contributed by atoms with Gasteiger partial charge in [-0.05, 0) is 30.4 Å². The lowest BCUT2D eigenvalue weighted by Crippen LogP contribution is -2.41. The molecule has 2 aromatic rings. The summed E-state index contributed by atoms with van der Waals surface area (Å²) in [6, 6.07) is 4.07. The molecule has 0 saturated heterocycles. The summed E-state index contributed by atoms with van der Waals surface area (Å²) < 4.78 is 1.20. The van der Waals surface area contributed by atoms with Crippen LogP contribution in [0.5, 0.6) is 0 Å². The van der Waals surface area contributed by atoms with Crippen LogP contribution < -0.4 is 5.32 Å². The number of pyridine rings is 1. The number of anilines is 1. The second-order valence-corrected chi connectivity index (χ2v) is 6.68. The number of nitrogens with zero attached hydrogens (tertiary/aromatic N) is 1. The third-order valence-corrected chi connectivity index (χ3v) is 5.24. The van der Waals surface area contributed by atoms with E-state index >= 15 is 0 Å². The van der Waals surface area contributed by atoms with Crippen molar-refractivity contribution < 1.29 is 5.11 Å². The molecule has 2 atom stereocenters. The minimum Gasteiger partial charge on any atom is -0.392 e. The molecule has 2 aromatic heterocycles. The van der Waals surface area contributed by atoms with Crippen LogP contribution in [0.4, 0.5) is 5.69 Å². The molecular formula is C15H20N2OS. The van der Waals surface area contributed by atoms with Crippen molar-refractivity contribution in [2.24, 2.45) is 5.41 Å². The molecule has 0 bridgehead atoms. The van der Waals surface area contributed by atoms with E-state index in [1.165, 1.54) is 11.1 Å². The molecule has 0 radical (unpaired) electrons. The number of aliphatic hydroxyl groups excluding tert-OH is 1. The third kappa shape index (κ3) is 2.47. The van der Waals surface area contributed by atoms with Gasteiger partial charge in [0.15, 0.2) is 0 Å². The van der Waals surface area contributed by atoms with E-state index in [4.69, 9.17) is 0 Å². The normalized spacial score (nSPS) is 27.6. The summed E-state index contributed by atoms with van der Waals surface area (Å²) in [4.78, 5) is 4.35. The Bertz CT molecular complexity index is 568. The van der Waals surface area contributed by atoms with Crippen LogP contribution in [0.3, 0.4) is 0 Å². The molecule has 0 aliphatic heterocycles. The Morgan fingerprint density at radius 1 is 1.47 bits per heavy atom. The number of fused-ring (bicyclic) bond motifs is 1. The molecule has 3 nitrogen and oxygen atoms in total. The third-order valence-electron chi connectivity index (χ3n) is 4.31. The van der Waals surface area contributed by atoms with Gasteiger partial charge in [0.2, 0.25) is 0 Å². The number of hydrogen-bond donors (Lipinski definition) is 2. The second kappa shape index (κ2) is 5.10. The summed E-state index contributed by atoms with van der Waals surface area (Å²) in [5.74, 6) is 0. The number of aromatic nitrogens is 1. The lowest BCUT2D eigenvalue weighted by molar-refractivity contribution is 0.00965. The molecule has 1 saturated carbocycles. The fourth-order valence-electron chi connectivity index (χ4n) is 2.90. The fraction of sp³-hybridized carbons (Fsp3) is 0.533. The van der Waals surface area contributed by atoms with Gasteiger partial charge in [0.25, 0.3) is 0 Å². The largest absolute Gasteiger partial charge is 0.392 e. The standard InChI is InChI=1S/C15H20N2OS/c1-15(7-3-2-4-13(15)18)10-17-11-5-8-16-12-6-9-19-14(11)12/h5-6,8-9,13,18H,2-4,7,10H2,1H3,(H,16,17). The molecule has 2 unspecified atom stereocenters. The van der Waals surface area contributed by atoms with Crippen LogP contribution in [0.15, 0.2) is 23.7 Å². The number of aliphatic hydroxyl groups is 1. The molecule has 4 heteroatoms. The summed E-state index contributed by atoms with van der Waals surface area (Å²) >= 11 is 1.71. The summed E-state index contributed by atoms with van der Waals surface area (Å²) in [7, 11) is 0. The van der Waals surface area contributed by atoms with Crippen molar-refractivity contribution in [1.29, 1.82) is 0 Å². The Hall–Kier alpha value is -1.13. The molecule has 1 aliphatic carbocycles. The Kier molecular flexibility index (Phi) is 3.46. The molecule has 0 amide bonds. The summed E-state index contributed by atoms with van der Waals surface area (Å²) in [6.07, 6.45) is 6.07. The van der Waals surface area contributed by atoms with E-state index in [2.05, 4.69) is 22.6 Å². The van der Waals surface area contributed by atoms with Gasteiger partial charge < -0.3 is 10.4 Å². The van der Waals surface area contributed by atoms with Gasteiger partial charge in [-0.15, -0.1) is 11.3 Å². The maximum Gasteiger partial charge on any atom is 0.0830 e. The molecular weight excluding hydrogens is 256 g/mol. The topological polar surface area (TPSA) is 45.2 Å². The highest BCUT2D eigenvalue weighted by Crippen LogP contribution is 2.37. The van der Waals surface area contributed by atoms with Crippen LogP contribution in [-0.2, 0) is 0 Å². The monoisotopic (exact) mass is 276 g/mol. The van der Waals surface area contributed by atoms with Crippen molar-refractivity contribution in [2.45, 2.75) is 38.7 Å². The molecule has 3 rings (SSSR count). The van der Waals surface area contributed by atoms with Gasteiger partial charge >= 0.3 is 0 Å². The molecule has 1 fully saturated rings. The number of thiophene rings is 1. The smallest absolute Gasteiger partial charge is 0.0830 e. The molecule has 0 spiro atoms. The lowest BCUT2D eigenvalue weighted by Gasteiger charge is -2.38. The van der Waals surface area contributed by atoms with Crippen molar-refractivity contribution in [3.63, 3.8) is 0 Å². The molecule has 2 N–H and O–H groups in total. The quantitative estimate of drug-likeness (QED) is 0.899.